The summed E-state index contributed by atoms with van der Waals surface area (Å²) in [6.07, 6.45) is -6.45. The molecule has 2 amide bonds. The molecule has 5 rings (SSSR count). The van der Waals surface area contributed by atoms with Crippen molar-refractivity contribution in [1.29, 1.82) is 0 Å². The van der Waals surface area contributed by atoms with Crippen LogP contribution in [0.1, 0.15) is 60.0 Å². The van der Waals surface area contributed by atoms with Crippen molar-refractivity contribution in [2.75, 3.05) is 32.0 Å². The molecule has 10 nitrogen and oxygen atoms in total. The van der Waals surface area contributed by atoms with Crippen molar-refractivity contribution in [2.45, 2.75) is 62.7 Å². The second-order valence-corrected chi connectivity index (χ2v) is 11.9. The van der Waals surface area contributed by atoms with Crippen LogP contribution in [-0.4, -0.2) is 81.9 Å². The van der Waals surface area contributed by atoms with Crippen LogP contribution in [0.15, 0.2) is 72.8 Å². The summed E-state index contributed by atoms with van der Waals surface area (Å²) < 4.78 is 51.8. The average molecular weight is 658 g/mol. The van der Waals surface area contributed by atoms with Crippen LogP contribution in [0.3, 0.4) is 0 Å². The summed E-state index contributed by atoms with van der Waals surface area (Å²) in [5.74, 6) is -2.65. The SMILES string of the molecule is CN(C[C@H]1C[C@@H](c2ccc(CO)cc2)O[C@@H](c2ccc(NC(=O)[C@@H]3CCCN3C(=O)C(F)(F)F)cc2)O1)C[C@@H](O)c1cccc(O)c1. The maximum atomic E-state index is 13.0. The summed E-state index contributed by atoms with van der Waals surface area (Å²) in [5.41, 5.74) is 3.22. The molecule has 2 saturated heterocycles. The number of nitrogens with zero attached hydrogens (tertiary/aromatic N) is 2. The van der Waals surface area contributed by atoms with E-state index in [1.165, 1.54) is 12.1 Å². The summed E-state index contributed by atoms with van der Waals surface area (Å²) in [4.78, 5) is 27.1. The van der Waals surface area contributed by atoms with E-state index in [4.69, 9.17) is 9.47 Å². The van der Waals surface area contributed by atoms with Crippen molar-refractivity contribution in [3.05, 3.63) is 95.1 Å². The quantitative estimate of drug-likeness (QED) is 0.249. The number of hydrogen-bond acceptors (Lipinski definition) is 8. The Morgan fingerprint density at radius 3 is 2.40 bits per heavy atom. The number of rotatable bonds is 10. The number of carbonyl (C=O) groups is 2. The van der Waals surface area contributed by atoms with Crippen LogP contribution in [0.25, 0.3) is 0 Å². The van der Waals surface area contributed by atoms with E-state index in [1.807, 2.05) is 36.2 Å². The van der Waals surface area contributed by atoms with Crippen LogP contribution in [0.5, 0.6) is 5.75 Å². The third-order valence-electron chi connectivity index (χ3n) is 8.38. The normalized spacial score (nSPS) is 22.3. The number of likely N-dealkylation sites (N-methyl/N-ethyl adjacent to an activating group) is 1. The van der Waals surface area contributed by atoms with Gasteiger partial charge in [0.05, 0.1) is 24.9 Å². The minimum Gasteiger partial charge on any atom is -0.508 e. The number of amides is 2. The molecule has 0 unspecified atom stereocenters. The predicted octanol–water partition coefficient (Wildman–Crippen LogP) is 4.59. The second-order valence-electron chi connectivity index (χ2n) is 11.9. The van der Waals surface area contributed by atoms with Gasteiger partial charge in [0.25, 0.3) is 0 Å². The van der Waals surface area contributed by atoms with E-state index in [9.17, 15) is 38.1 Å². The van der Waals surface area contributed by atoms with Gasteiger partial charge >= 0.3 is 12.1 Å². The van der Waals surface area contributed by atoms with Crippen LogP contribution >= 0.6 is 0 Å². The molecule has 3 aromatic carbocycles. The first kappa shape index (κ1) is 34.3. The minimum atomic E-state index is -5.05. The van der Waals surface area contributed by atoms with E-state index in [-0.39, 0.29) is 44.1 Å². The molecule has 252 valence electrons. The van der Waals surface area contributed by atoms with Gasteiger partial charge in [-0.15, -0.1) is 0 Å². The van der Waals surface area contributed by atoms with Crippen LogP contribution in [0.2, 0.25) is 0 Å². The molecule has 2 aliphatic heterocycles. The molecule has 3 aromatic rings. The van der Waals surface area contributed by atoms with Gasteiger partial charge in [0, 0.05) is 37.3 Å². The smallest absolute Gasteiger partial charge is 0.471 e. The number of nitrogens with one attached hydrogen (secondary N) is 1. The predicted molar refractivity (Wildman–Crippen MR) is 165 cm³/mol. The first-order valence-corrected chi connectivity index (χ1v) is 15.4. The molecule has 2 aliphatic rings. The van der Waals surface area contributed by atoms with E-state index < -0.39 is 36.4 Å². The van der Waals surface area contributed by atoms with Gasteiger partial charge in [0.1, 0.15) is 11.8 Å². The van der Waals surface area contributed by atoms with E-state index in [1.54, 1.807) is 36.4 Å². The number of aromatic hydroxyl groups is 1. The maximum Gasteiger partial charge on any atom is 0.471 e. The Kier molecular flexibility index (Phi) is 10.8. The molecule has 0 spiro atoms. The Balaban J connectivity index is 1.27. The average Bonchev–Trinajstić information content (AvgIpc) is 3.54. The summed E-state index contributed by atoms with van der Waals surface area (Å²) >= 11 is 0. The molecule has 4 N–H and O–H groups in total. The highest BCUT2D eigenvalue weighted by atomic mass is 19.4. The zero-order valence-corrected chi connectivity index (χ0v) is 25.8. The first-order valence-electron chi connectivity index (χ1n) is 15.4. The molecule has 0 radical (unpaired) electrons. The second kappa shape index (κ2) is 14.8. The minimum absolute atomic E-state index is 0.0671. The molecule has 2 fully saturated rings. The number of ether oxygens (including phenoxy) is 2. The maximum absolute atomic E-state index is 13.0. The van der Waals surface area contributed by atoms with Crippen LogP contribution in [0, 0.1) is 0 Å². The Morgan fingerprint density at radius 1 is 1.04 bits per heavy atom. The van der Waals surface area contributed by atoms with Crippen LogP contribution in [-0.2, 0) is 25.7 Å². The fourth-order valence-corrected chi connectivity index (χ4v) is 5.98. The standard InChI is InChI=1S/C34H38F3N3O7/c1-39(19-29(43)24-4-2-5-26(42)16-24)18-27-17-30(22-9-7-21(20-41)8-10-22)47-32(46-27)23-11-13-25(14-12-23)38-31(44)28-6-3-15-40(28)33(45)34(35,36)37/h2,4-5,7-14,16,27-30,32,41-43H,3,6,15,17-20H2,1H3,(H,38,44)/t27-,28+,29-,30+,32+/m1/s1. The molecule has 0 aliphatic carbocycles. The van der Waals surface area contributed by atoms with Crippen molar-refractivity contribution in [2.24, 2.45) is 0 Å². The van der Waals surface area contributed by atoms with Gasteiger partial charge in [-0.05, 0) is 60.8 Å². The lowest BCUT2D eigenvalue weighted by molar-refractivity contribution is -0.252. The largest absolute Gasteiger partial charge is 0.508 e. The number of phenolic OH excluding ortho intramolecular Hbond substituents is 1. The van der Waals surface area contributed by atoms with E-state index in [2.05, 4.69) is 5.32 Å². The molecule has 0 bridgehead atoms. The molecular formula is C34H38F3N3O7. The summed E-state index contributed by atoms with van der Waals surface area (Å²) in [6, 6.07) is 19.2. The van der Waals surface area contributed by atoms with Gasteiger partial charge in [-0.25, -0.2) is 0 Å². The zero-order chi connectivity index (χ0) is 33.7. The fraction of sp³-hybridized carbons (Fsp3) is 0.412. The number of carbonyl (C=O) groups excluding carboxylic acids is 2. The van der Waals surface area contributed by atoms with E-state index >= 15 is 0 Å². The lowest BCUT2D eigenvalue weighted by Gasteiger charge is -2.38. The van der Waals surface area contributed by atoms with Crippen LogP contribution < -0.4 is 5.32 Å². The van der Waals surface area contributed by atoms with Crippen molar-refractivity contribution < 1.29 is 47.6 Å². The van der Waals surface area contributed by atoms with Gasteiger partial charge in [-0.3, -0.25) is 9.59 Å². The Bertz CT molecular complexity index is 1520. The summed E-state index contributed by atoms with van der Waals surface area (Å²) in [7, 11) is 1.86. The van der Waals surface area contributed by atoms with Gasteiger partial charge in [0.2, 0.25) is 5.91 Å². The van der Waals surface area contributed by atoms with Crippen molar-refractivity contribution >= 4 is 17.5 Å². The Labute approximate surface area is 270 Å². The highest BCUT2D eigenvalue weighted by molar-refractivity contribution is 5.98. The number of likely N-dealkylation sites (tertiary alicyclic amines) is 1. The van der Waals surface area contributed by atoms with Crippen LogP contribution in [0.4, 0.5) is 18.9 Å². The zero-order valence-electron chi connectivity index (χ0n) is 25.8. The molecule has 47 heavy (non-hydrogen) atoms. The summed E-state index contributed by atoms with van der Waals surface area (Å²) in [6.45, 7) is 0.503. The van der Waals surface area contributed by atoms with Gasteiger partial charge in [-0.1, -0.05) is 48.5 Å². The van der Waals surface area contributed by atoms with Gasteiger partial charge < -0.3 is 39.9 Å². The lowest BCUT2D eigenvalue weighted by atomic mass is 9.99. The third-order valence-corrected chi connectivity index (χ3v) is 8.38. The molecule has 5 atom stereocenters. The third kappa shape index (κ3) is 8.67. The number of anilines is 1. The Hall–Kier alpha value is -4.01. The molecule has 0 aromatic heterocycles. The molecule has 13 heteroatoms. The van der Waals surface area contributed by atoms with E-state index in [0.29, 0.717) is 41.1 Å². The number of halogens is 3. The number of aliphatic hydroxyl groups is 2. The Morgan fingerprint density at radius 2 is 1.74 bits per heavy atom. The van der Waals surface area contributed by atoms with Crippen molar-refractivity contribution in [3.8, 4) is 5.75 Å². The van der Waals surface area contributed by atoms with Crippen molar-refractivity contribution in [1.82, 2.24) is 9.80 Å². The highest BCUT2D eigenvalue weighted by Gasteiger charge is 2.47. The number of benzene rings is 3. The number of phenols is 1. The highest BCUT2D eigenvalue weighted by Crippen LogP contribution is 2.38. The van der Waals surface area contributed by atoms with E-state index in [0.717, 1.165) is 11.1 Å². The monoisotopic (exact) mass is 657 g/mol. The topological polar surface area (TPSA) is 132 Å². The molecule has 2 heterocycles. The van der Waals surface area contributed by atoms with Gasteiger partial charge in [0.15, 0.2) is 6.29 Å². The number of alkyl halides is 3. The summed E-state index contributed by atoms with van der Waals surface area (Å²) in [5, 5.41) is 32.6. The number of hydrogen-bond donors (Lipinski definition) is 4. The fourth-order valence-electron chi connectivity index (χ4n) is 5.98. The molecular weight excluding hydrogens is 619 g/mol. The van der Waals surface area contributed by atoms with Crippen molar-refractivity contribution in [3.63, 3.8) is 0 Å². The molecule has 0 saturated carbocycles. The first-order chi connectivity index (χ1) is 22.4. The number of aliphatic hydroxyl groups excluding tert-OH is 2. The lowest BCUT2D eigenvalue weighted by Crippen LogP contribution is -2.48. The van der Waals surface area contributed by atoms with Gasteiger partial charge in [-0.2, -0.15) is 13.2 Å².